The highest BCUT2D eigenvalue weighted by atomic mass is 28.2. The number of carbonyl (C=O) groups is 1. The van der Waals surface area contributed by atoms with Crippen LogP contribution in [-0.2, 0) is 9.53 Å². The van der Waals surface area contributed by atoms with E-state index in [1.54, 1.807) is 6.92 Å². The lowest BCUT2D eigenvalue weighted by Gasteiger charge is -2.07. The van der Waals surface area contributed by atoms with E-state index >= 15 is 0 Å². The first-order valence-electron chi connectivity index (χ1n) is 2.90. The minimum atomic E-state index is -0.439. The first-order valence-corrected chi connectivity index (χ1v) is 4.06. The van der Waals surface area contributed by atoms with E-state index in [4.69, 9.17) is 9.53 Å². The number of ether oxygens (including phenoxy) is 1. The summed E-state index contributed by atoms with van der Waals surface area (Å²) >= 11 is 0. The number of hydrogen-bond acceptors (Lipinski definition) is 3. The van der Waals surface area contributed by atoms with Crippen LogP contribution in [0.2, 0.25) is 6.04 Å². The van der Waals surface area contributed by atoms with Gasteiger partial charge in [0, 0.05) is 12.1 Å². The Kier molecular flexibility index (Phi) is 4.88. The van der Waals surface area contributed by atoms with Crippen molar-refractivity contribution < 1.29 is 14.3 Å². The van der Waals surface area contributed by atoms with Gasteiger partial charge in [-0.3, -0.25) is 0 Å². The van der Waals surface area contributed by atoms with Crippen LogP contribution >= 0.6 is 0 Å². The first kappa shape index (κ1) is 9.39. The summed E-state index contributed by atoms with van der Waals surface area (Å²) in [4.78, 5) is 18.9. The summed E-state index contributed by atoms with van der Waals surface area (Å²) in [5.74, 6) is -0.439. The van der Waals surface area contributed by atoms with Gasteiger partial charge in [0.25, 0.3) is 0 Å². The minimum absolute atomic E-state index is 0.172. The van der Waals surface area contributed by atoms with Gasteiger partial charge in [-0.25, -0.2) is 4.79 Å². The van der Waals surface area contributed by atoms with Crippen molar-refractivity contribution in [3.63, 3.8) is 0 Å². The zero-order valence-corrected chi connectivity index (χ0v) is 6.83. The fraction of sp³-hybridized carbons (Fsp3) is 0.500. The minimum Gasteiger partial charge on any atom is -0.460 e. The molecule has 0 amide bonds. The highest BCUT2D eigenvalue weighted by molar-refractivity contribution is 6.25. The number of rotatable bonds is 4. The summed E-state index contributed by atoms with van der Waals surface area (Å²) in [7, 11) is -0.172. The van der Waals surface area contributed by atoms with Gasteiger partial charge in [-0.1, -0.05) is 6.58 Å². The van der Waals surface area contributed by atoms with E-state index in [0.717, 1.165) is 6.08 Å². The van der Waals surface area contributed by atoms with Crippen molar-refractivity contribution in [3.8, 4) is 0 Å². The van der Waals surface area contributed by atoms with Crippen LogP contribution in [0.25, 0.3) is 0 Å². The third-order valence-electron chi connectivity index (χ3n) is 0.863. The summed E-state index contributed by atoms with van der Waals surface area (Å²) in [6.45, 7) is 4.97. The molecule has 1 atom stereocenters. The maximum atomic E-state index is 10.5. The van der Waals surface area contributed by atoms with Crippen molar-refractivity contribution in [2.75, 3.05) is 0 Å². The lowest BCUT2D eigenvalue weighted by molar-refractivity contribution is -0.141. The van der Waals surface area contributed by atoms with Crippen molar-refractivity contribution in [1.82, 2.24) is 0 Å². The highest BCUT2D eigenvalue weighted by Crippen LogP contribution is 1.96. The molecule has 0 saturated carbocycles. The van der Waals surface area contributed by atoms with E-state index < -0.39 is 5.97 Å². The average Bonchev–Trinajstić information content (AvgIpc) is 1.88. The standard InChI is InChI=1S/C6H10O3Si/c1-3-6(7)9-5(2)4-10-8/h3,5,8H,1,4H2,2H3. The zero-order valence-electron chi connectivity index (χ0n) is 5.83. The van der Waals surface area contributed by atoms with Crippen LogP contribution in [0.5, 0.6) is 0 Å². The quantitative estimate of drug-likeness (QED) is 0.359. The molecule has 2 radical (unpaired) electrons. The van der Waals surface area contributed by atoms with Crippen LogP contribution in [0, 0.1) is 0 Å². The van der Waals surface area contributed by atoms with E-state index in [1.807, 2.05) is 0 Å². The molecule has 0 aromatic carbocycles. The molecule has 4 heteroatoms. The van der Waals surface area contributed by atoms with E-state index in [-0.39, 0.29) is 15.9 Å². The Morgan fingerprint density at radius 1 is 2.00 bits per heavy atom. The molecule has 3 nitrogen and oxygen atoms in total. The molecule has 0 aliphatic heterocycles. The normalized spacial score (nSPS) is 12.2. The van der Waals surface area contributed by atoms with E-state index in [2.05, 4.69) is 6.58 Å². The van der Waals surface area contributed by atoms with Gasteiger partial charge in [0.2, 0.25) is 9.76 Å². The van der Waals surface area contributed by atoms with Gasteiger partial charge < -0.3 is 9.53 Å². The van der Waals surface area contributed by atoms with E-state index in [0.29, 0.717) is 6.04 Å². The molecule has 0 aliphatic rings. The summed E-state index contributed by atoms with van der Waals surface area (Å²) < 4.78 is 4.73. The molecule has 1 unspecified atom stereocenters. The summed E-state index contributed by atoms with van der Waals surface area (Å²) in [5.41, 5.74) is 0. The Balaban J connectivity index is 3.46. The molecule has 56 valence electrons. The highest BCUT2D eigenvalue weighted by Gasteiger charge is 2.04. The van der Waals surface area contributed by atoms with Gasteiger partial charge >= 0.3 is 5.97 Å². The second-order valence-corrected chi connectivity index (χ2v) is 2.54. The Labute approximate surface area is 62.6 Å². The molecule has 1 N–H and O–H groups in total. The molecule has 0 aromatic rings. The summed E-state index contributed by atoms with van der Waals surface area (Å²) in [6, 6.07) is 0.500. The molecular weight excluding hydrogens is 148 g/mol. The van der Waals surface area contributed by atoms with E-state index in [9.17, 15) is 4.79 Å². The predicted molar refractivity (Wildman–Crippen MR) is 38.5 cm³/mol. The van der Waals surface area contributed by atoms with Gasteiger partial charge in [-0.15, -0.1) is 0 Å². The second-order valence-electron chi connectivity index (χ2n) is 1.81. The molecule has 0 rings (SSSR count). The molecule has 0 bridgehead atoms. The SMILES string of the molecule is C=CC(=O)OC(C)C[Si]O. The first-order chi connectivity index (χ1) is 4.70. The summed E-state index contributed by atoms with van der Waals surface area (Å²) in [6.07, 6.45) is 0.894. The topological polar surface area (TPSA) is 46.5 Å². The van der Waals surface area contributed by atoms with Gasteiger partial charge in [0.15, 0.2) is 0 Å². The molecule has 0 heterocycles. The molecule has 0 spiro atoms. The van der Waals surface area contributed by atoms with Crippen molar-refractivity contribution in [2.45, 2.75) is 19.1 Å². The maximum absolute atomic E-state index is 10.5. The van der Waals surface area contributed by atoms with Crippen molar-refractivity contribution in [3.05, 3.63) is 12.7 Å². The lowest BCUT2D eigenvalue weighted by Crippen LogP contribution is -2.14. The zero-order chi connectivity index (χ0) is 7.98. The van der Waals surface area contributed by atoms with Crippen molar-refractivity contribution in [1.29, 1.82) is 0 Å². The predicted octanol–water partition coefficient (Wildman–Crippen LogP) is 0.134. The van der Waals surface area contributed by atoms with Gasteiger partial charge in [0.1, 0.15) is 0 Å². The van der Waals surface area contributed by atoms with Crippen LogP contribution in [0.4, 0.5) is 0 Å². The second kappa shape index (κ2) is 5.19. The smallest absolute Gasteiger partial charge is 0.330 e. The largest absolute Gasteiger partial charge is 0.460 e. The number of esters is 1. The Morgan fingerprint density at radius 2 is 2.60 bits per heavy atom. The van der Waals surface area contributed by atoms with Crippen LogP contribution in [0.1, 0.15) is 6.92 Å². The Hall–Kier alpha value is -0.613. The summed E-state index contributed by atoms with van der Waals surface area (Å²) in [5, 5.41) is 0. The molecule has 0 aliphatic carbocycles. The fourth-order valence-corrected chi connectivity index (χ4v) is 0.757. The Morgan fingerprint density at radius 3 is 3.00 bits per heavy atom. The third kappa shape index (κ3) is 4.28. The molecule has 0 fully saturated rings. The van der Waals surface area contributed by atoms with Crippen LogP contribution in [-0.4, -0.2) is 26.6 Å². The van der Waals surface area contributed by atoms with Gasteiger partial charge in [-0.05, 0) is 6.92 Å². The fourth-order valence-electron chi connectivity index (χ4n) is 0.417. The van der Waals surface area contributed by atoms with Crippen LogP contribution in [0.3, 0.4) is 0 Å². The molecule has 0 aromatic heterocycles. The van der Waals surface area contributed by atoms with Crippen LogP contribution < -0.4 is 0 Å². The van der Waals surface area contributed by atoms with Gasteiger partial charge in [-0.2, -0.15) is 0 Å². The van der Waals surface area contributed by atoms with Gasteiger partial charge in [0.05, 0.1) is 6.10 Å². The molecule has 0 saturated heterocycles. The third-order valence-corrected chi connectivity index (χ3v) is 1.62. The van der Waals surface area contributed by atoms with Crippen molar-refractivity contribution in [2.24, 2.45) is 0 Å². The average molecular weight is 158 g/mol. The number of hydrogen-bond donors (Lipinski definition) is 1. The maximum Gasteiger partial charge on any atom is 0.330 e. The lowest BCUT2D eigenvalue weighted by atomic mass is 10.5. The number of carbonyl (C=O) groups excluding carboxylic acids is 1. The molecular formula is C6H10O3Si. The van der Waals surface area contributed by atoms with Crippen LogP contribution in [0.15, 0.2) is 12.7 Å². The molecule has 10 heavy (non-hydrogen) atoms. The van der Waals surface area contributed by atoms with E-state index in [1.165, 1.54) is 0 Å². The Bertz CT molecular complexity index is 124. The monoisotopic (exact) mass is 158 g/mol. The van der Waals surface area contributed by atoms with Crippen molar-refractivity contribution >= 4 is 15.7 Å².